The van der Waals surface area contributed by atoms with Gasteiger partial charge in [0, 0.05) is 38.3 Å². The Bertz CT molecular complexity index is 210. The van der Waals surface area contributed by atoms with Crippen molar-refractivity contribution in [3.05, 3.63) is 0 Å². The van der Waals surface area contributed by atoms with Crippen molar-refractivity contribution in [1.29, 1.82) is 0 Å². The monoisotopic (exact) mass is 244 g/mol. The molecule has 0 aromatic rings. The molecule has 1 fully saturated rings. The summed E-state index contributed by atoms with van der Waals surface area (Å²) in [5, 5.41) is 3.60. The van der Waals surface area contributed by atoms with E-state index in [1.807, 2.05) is 0 Å². The maximum Gasteiger partial charge on any atom is 0.0700 e. The SMILES string of the molecule is CCC1CNC(C)(C)CN1CCOCCOC. The highest BCUT2D eigenvalue weighted by atomic mass is 16.5. The number of piperazine rings is 1. The van der Waals surface area contributed by atoms with Crippen molar-refractivity contribution >= 4 is 0 Å². The van der Waals surface area contributed by atoms with E-state index in [1.54, 1.807) is 7.11 Å². The van der Waals surface area contributed by atoms with Crippen molar-refractivity contribution in [2.75, 3.05) is 46.6 Å². The van der Waals surface area contributed by atoms with Crippen molar-refractivity contribution in [3.63, 3.8) is 0 Å². The molecule has 1 unspecified atom stereocenters. The summed E-state index contributed by atoms with van der Waals surface area (Å²) in [6, 6.07) is 0.647. The number of methoxy groups -OCH3 is 1. The number of nitrogens with zero attached hydrogens (tertiary/aromatic N) is 1. The summed E-state index contributed by atoms with van der Waals surface area (Å²) in [5.74, 6) is 0. The minimum Gasteiger partial charge on any atom is -0.382 e. The third kappa shape index (κ3) is 5.34. The molecule has 1 rings (SSSR count). The van der Waals surface area contributed by atoms with E-state index in [-0.39, 0.29) is 5.54 Å². The Balaban J connectivity index is 2.27. The smallest absolute Gasteiger partial charge is 0.0700 e. The molecule has 1 heterocycles. The molecule has 0 radical (unpaired) electrons. The zero-order valence-corrected chi connectivity index (χ0v) is 11.8. The molecule has 0 saturated carbocycles. The van der Waals surface area contributed by atoms with Gasteiger partial charge < -0.3 is 14.8 Å². The van der Waals surface area contributed by atoms with Gasteiger partial charge in [0.25, 0.3) is 0 Å². The first kappa shape index (κ1) is 14.9. The van der Waals surface area contributed by atoms with Gasteiger partial charge in [0.2, 0.25) is 0 Å². The van der Waals surface area contributed by atoms with Gasteiger partial charge in [-0.3, -0.25) is 4.90 Å². The fraction of sp³-hybridized carbons (Fsp3) is 1.00. The van der Waals surface area contributed by atoms with Crippen molar-refractivity contribution in [2.24, 2.45) is 0 Å². The zero-order chi connectivity index (χ0) is 12.7. The minimum absolute atomic E-state index is 0.220. The third-order valence-corrected chi connectivity index (χ3v) is 3.36. The van der Waals surface area contributed by atoms with E-state index >= 15 is 0 Å². The van der Waals surface area contributed by atoms with Gasteiger partial charge in [0.1, 0.15) is 0 Å². The molecule has 0 aromatic carbocycles. The second kappa shape index (κ2) is 7.31. The molecule has 0 aromatic heterocycles. The maximum absolute atomic E-state index is 5.55. The third-order valence-electron chi connectivity index (χ3n) is 3.36. The highest BCUT2D eigenvalue weighted by Crippen LogP contribution is 2.16. The summed E-state index contributed by atoms with van der Waals surface area (Å²) in [6.45, 7) is 12.2. The Morgan fingerprint density at radius 3 is 2.71 bits per heavy atom. The second-order valence-electron chi connectivity index (χ2n) is 5.40. The van der Waals surface area contributed by atoms with E-state index in [1.165, 1.54) is 6.42 Å². The Labute approximate surface area is 106 Å². The summed E-state index contributed by atoms with van der Waals surface area (Å²) in [4.78, 5) is 2.54. The molecule has 0 aliphatic carbocycles. The Hall–Kier alpha value is -0.160. The van der Waals surface area contributed by atoms with Gasteiger partial charge in [-0.1, -0.05) is 6.92 Å². The molecule has 4 nitrogen and oxygen atoms in total. The summed E-state index contributed by atoms with van der Waals surface area (Å²) < 4.78 is 10.5. The first-order valence-corrected chi connectivity index (χ1v) is 6.65. The highest BCUT2D eigenvalue weighted by Gasteiger charge is 2.30. The molecular formula is C13H28N2O2. The molecule has 102 valence electrons. The second-order valence-corrected chi connectivity index (χ2v) is 5.40. The Kier molecular flexibility index (Phi) is 6.41. The van der Waals surface area contributed by atoms with Crippen molar-refractivity contribution in [1.82, 2.24) is 10.2 Å². The van der Waals surface area contributed by atoms with E-state index in [0.717, 1.165) is 26.2 Å². The van der Waals surface area contributed by atoms with Crippen molar-refractivity contribution in [2.45, 2.75) is 38.8 Å². The molecule has 0 amide bonds. The fourth-order valence-electron chi connectivity index (χ4n) is 2.31. The van der Waals surface area contributed by atoms with E-state index in [9.17, 15) is 0 Å². The van der Waals surface area contributed by atoms with Crippen LogP contribution in [0.5, 0.6) is 0 Å². The standard InChI is InChI=1S/C13H28N2O2/c1-5-12-10-14-13(2,3)11-15(12)6-7-17-9-8-16-4/h12,14H,5-11H2,1-4H3. The van der Waals surface area contributed by atoms with Crippen molar-refractivity contribution < 1.29 is 9.47 Å². The maximum atomic E-state index is 5.55. The first-order chi connectivity index (χ1) is 8.09. The molecule has 1 N–H and O–H groups in total. The van der Waals surface area contributed by atoms with Crippen LogP contribution in [-0.4, -0.2) is 63.0 Å². The molecule has 1 aliphatic rings. The predicted octanol–water partition coefficient (Wildman–Crippen LogP) is 1.11. The predicted molar refractivity (Wildman–Crippen MR) is 70.4 cm³/mol. The lowest BCUT2D eigenvalue weighted by molar-refractivity contribution is 0.0296. The molecule has 17 heavy (non-hydrogen) atoms. The number of rotatable bonds is 7. The quantitative estimate of drug-likeness (QED) is 0.680. The van der Waals surface area contributed by atoms with Crippen LogP contribution in [0.3, 0.4) is 0 Å². The van der Waals surface area contributed by atoms with Crippen LogP contribution >= 0.6 is 0 Å². The van der Waals surface area contributed by atoms with Gasteiger partial charge in [-0.25, -0.2) is 0 Å². The summed E-state index contributed by atoms with van der Waals surface area (Å²) in [6.07, 6.45) is 1.20. The molecule has 1 saturated heterocycles. The van der Waals surface area contributed by atoms with Crippen molar-refractivity contribution in [3.8, 4) is 0 Å². The average Bonchev–Trinajstić information content (AvgIpc) is 2.28. The van der Waals surface area contributed by atoms with Gasteiger partial charge >= 0.3 is 0 Å². The van der Waals surface area contributed by atoms with Gasteiger partial charge in [-0.2, -0.15) is 0 Å². The number of ether oxygens (including phenoxy) is 2. The van der Waals surface area contributed by atoms with Gasteiger partial charge in [0.05, 0.1) is 19.8 Å². The lowest BCUT2D eigenvalue weighted by atomic mass is 9.98. The van der Waals surface area contributed by atoms with Crippen LogP contribution in [0, 0.1) is 0 Å². The van der Waals surface area contributed by atoms with Gasteiger partial charge in [0.15, 0.2) is 0 Å². The highest BCUT2D eigenvalue weighted by molar-refractivity contribution is 4.91. The largest absolute Gasteiger partial charge is 0.382 e. The van der Waals surface area contributed by atoms with Crippen LogP contribution in [0.15, 0.2) is 0 Å². The van der Waals surface area contributed by atoms with Gasteiger partial charge in [-0.05, 0) is 20.3 Å². The van der Waals surface area contributed by atoms with E-state index in [4.69, 9.17) is 9.47 Å². The number of nitrogens with one attached hydrogen (secondary N) is 1. The van der Waals surface area contributed by atoms with Gasteiger partial charge in [-0.15, -0.1) is 0 Å². The Morgan fingerprint density at radius 1 is 1.29 bits per heavy atom. The summed E-state index contributed by atoms with van der Waals surface area (Å²) in [7, 11) is 1.70. The molecule has 4 heteroatoms. The van der Waals surface area contributed by atoms with Crippen LogP contribution in [-0.2, 0) is 9.47 Å². The number of hydrogen-bond donors (Lipinski definition) is 1. The molecular weight excluding hydrogens is 216 g/mol. The number of hydrogen-bond acceptors (Lipinski definition) is 4. The molecule has 0 spiro atoms. The molecule has 0 bridgehead atoms. The van der Waals surface area contributed by atoms with E-state index in [2.05, 4.69) is 31.0 Å². The summed E-state index contributed by atoms with van der Waals surface area (Å²) in [5.41, 5.74) is 0.220. The van der Waals surface area contributed by atoms with E-state index in [0.29, 0.717) is 19.3 Å². The van der Waals surface area contributed by atoms with Crippen LogP contribution < -0.4 is 5.32 Å². The van der Waals surface area contributed by atoms with Crippen LogP contribution in [0.1, 0.15) is 27.2 Å². The van der Waals surface area contributed by atoms with Crippen LogP contribution in [0.2, 0.25) is 0 Å². The fourth-order valence-corrected chi connectivity index (χ4v) is 2.31. The summed E-state index contributed by atoms with van der Waals surface area (Å²) >= 11 is 0. The van der Waals surface area contributed by atoms with Crippen LogP contribution in [0.4, 0.5) is 0 Å². The zero-order valence-electron chi connectivity index (χ0n) is 11.8. The lowest BCUT2D eigenvalue weighted by Gasteiger charge is -2.44. The molecule has 1 aliphatic heterocycles. The Morgan fingerprint density at radius 2 is 2.06 bits per heavy atom. The normalized spacial score (nSPS) is 25.1. The molecule has 1 atom stereocenters. The topological polar surface area (TPSA) is 33.7 Å². The van der Waals surface area contributed by atoms with E-state index < -0.39 is 0 Å². The first-order valence-electron chi connectivity index (χ1n) is 6.65. The van der Waals surface area contributed by atoms with Crippen LogP contribution in [0.25, 0.3) is 0 Å². The lowest BCUT2D eigenvalue weighted by Crippen LogP contribution is -2.61. The average molecular weight is 244 g/mol. The minimum atomic E-state index is 0.220.